The molecule has 0 aliphatic rings. The number of hydrogen-bond acceptors (Lipinski definition) is 3. The standard InChI is InChI=1S/C20H20F3NO3/c1-3-27-19(26)14(2)24(13-15-7-5-4-6-8-15)18(25)16-9-11-17(12-10-16)20(21,22)23/h4-12,14H,3,13H2,1-2H3. The summed E-state index contributed by atoms with van der Waals surface area (Å²) in [6.45, 7) is 3.48. The van der Waals surface area contributed by atoms with Crippen molar-refractivity contribution in [2.75, 3.05) is 6.61 Å². The van der Waals surface area contributed by atoms with Gasteiger partial charge < -0.3 is 9.64 Å². The summed E-state index contributed by atoms with van der Waals surface area (Å²) in [4.78, 5) is 26.3. The van der Waals surface area contributed by atoms with E-state index in [4.69, 9.17) is 4.74 Å². The van der Waals surface area contributed by atoms with E-state index in [2.05, 4.69) is 0 Å². The third-order valence-electron chi connectivity index (χ3n) is 4.01. The Bertz CT molecular complexity index is 773. The Balaban J connectivity index is 2.31. The smallest absolute Gasteiger partial charge is 0.416 e. The molecule has 27 heavy (non-hydrogen) atoms. The molecule has 1 atom stereocenters. The Labute approximate surface area is 155 Å². The molecule has 1 unspecified atom stereocenters. The number of halogens is 3. The van der Waals surface area contributed by atoms with Gasteiger partial charge in [-0.15, -0.1) is 0 Å². The van der Waals surface area contributed by atoms with E-state index in [-0.39, 0.29) is 18.7 Å². The predicted octanol–water partition coefficient (Wildman–Crippen LogP) is 4.30. The Hall–Kier alpha value is -2.83. The van der Waals surface area contributed by atoms with Gasteiger partial charge in [-0.3, -0.25) is 4.79 Å². The van der Waals surface area contributed by atoms with Gasteiger partial charge in [-0.05, 0) is 43.7 Å². The van der Waals surface area contributed by atoms with Crippen molar-refractivity contribution in [2.45, 2.75) is 32.6 Å². The number of esters is 1. The van der Waals surface area contributed by atoms with E-state index in [9.17, 15) is 22.8 Å². The van der Waals surface area contributed by atoms with Gasteiger partial charge >= 0.3 is 12.1 Å². The fourth-order valence-corrected chi connectivity index (χ4v) is 2.52. The van der Waals surface area contributed by atoms with Crippen LogP contribution in [0.15, 0.2) is 54.6 Å². The van der Waals surface area contributed by atoms with Gasteiger partial charge in [0.25, 0.3) is 5.91 Å². The molecule has 0 saturated heterocycles. The number of nitrogens with zero attached hydrogens (tertiary/aromatic N) is 1. The number of rotatable bonds is 6. The summed E-state index contributed by atoms with van der Waals surface area (Å²) in [5.41, 5.74) is 0.0103. The van der Waals surface area contributed by atoms with Crippen LogP contribution in [-0.4, -0.2) is 29.4 Å². The SMILES string of the molecule is CCOC(=O)C(C)N(Cc1ccccc1)C(=O)c1ccc(C(F)(F)F)cc1. The van der Waals surface area contributed by atoms with Crippen molar-refractivity contribution in [3.63, 3.8) is 0 Å². The quantitative estimate of drug-likeness (QED) is 0.703. The van der Waals surface area contributed by atoms with E-state index in [0.717, 1.165) is 29.8 Å². The number of hydrogen-bond donors (Lipinski definition) is 0. The summed E-state index contributed by atoms with van der Waals surface area (Å²) in [6.07, 6.45) is -4.48. The first-order chi connectivity index (χ1) is 12.7. The minimum Gasteiger partial charge on any atom is -0.464 e. The molecule has 2 rings (SSSR count). The molecular weight excluding hydrogens is 359 g/mol. The first-order valence-corrected chi connectivity index (χ1v) is 8.42. The van der Waals surface area contributed by atoms with Gasteiger partial charge in [0.1, 0.15) is 6.04 Å². The van der Waals surface area contributed by atoms with Crippen LogP contribution in [0.5, 0.6) is 0 Å². The highest BCUT2D eigenvalue weighted by Crippen LogP contribution is 2.29. The van der Waals surface area contributed by atoms with Gasteiger partial charge in [-0.1, -0.05) is 30.3 Å². The van der Waals surface area contributed by atoms with Gasteiger partial charge in [0.2, 0.25) is 0 Å². The van der Waals surface area contributed by atoms with E-state index in [0.29, 0.717) is 0 Å². The fourth-order valence-electron chi connectivity index (χ4n) is 2.52. The highest BCUT2D eigenvalue weighted by Gasteiger charge is 2.31. The average Bonchev–Trinajstić information content (AvgIpc) is 2.65. The van der Waals surface area contributed by atoms with E-state index < -0.39 is 29.7 Å². The van der Waals surface area contributed by atoms with Gasteiger partial charge in [0.15, 0.2) is 0 Å². The summed E-state index contributed by atoms with van der Waals surface area (Å²) in [5.74, 6) is -1.12. The molecule has 4 nitrogen and oxygen atoms in total. The Morgan fingerprint density at radius 3 is 2.15 bits per heavy atom. The summed E-state index contributed by atoms with van der Waals surface area (Å²) in [5, 5.41) is 0. The van der Waals surface area contributed by atoms with Crippen molar-refractivity contribution in [1.29, 1.82) is 0 Å². The number of ether oxygens (including phenoxy) is 1. The normalized spacial score (nSPS) is 12.3. The molecule has 0 aliphatic heterocycles. The second kappa shape index (κ2) is 8.70. The van der Waals surface area contributed by atoms with Gasteiger partial charge in [-0.25, -0.2) is 4.79 Å². The van der Waals surface area contributed by atoms with Crippen molar-refractivity contribution >= 4 is 11.9 Å². The second-order valence-electron chi connectivity index (χ2n) is 5.92. The maximum Gasteiger partial charge on any atom is 0.416 e. The zero-order valence-corrected chi connectivity index (χ0v) is 15.0. The van der Waals surface area contributed by atoms with Crippen LogP contribution in [0.2, 0.25) is 0 Å². The number of alkyl halides is 3. The van der Waals surface area contributed by atoms with Crippen LogP contribution in [-0.2, 0) is 22.3 Å². The van der Waals surface area contributed by atoms with Crippen LogP contribution in [0.4, 0.5) is 13.2 Å². The van der Waals surface area contributed by atoms with Crippen LogP contribution < -0.4 is 0 Å². The Morgan fingerprint density at radius 2 is 1.63 bits per heavy atom. The maximum atomic E-state index is 12.9. The van der Waals surface area contributed by atoms with Crippen LogP contribution in [0.1, 0.15) is 35.3 Å². The first kappa shape index (κ1) is 20.5. The molecule has 0 saturated carbocycles. The van der Waals surface area contributed by atoms with Crippen molar-refractivity contribution in [3.8, 4) is 0 Å². The van der Waals surface area contributed by atoms with Crippen molar-refractivity contribution in [1.82, 2.24) is 4.90 Å². The molecule has 144 valence electrons. The number of carbonyl (C=O) groups is 2. The van der Waals surface area contributed by atoms with Crippen LogP contribution in [0.3, 0.4) is 0 Å². The topological polar surface area (TPSA) is 46.6 Å². The predicted molar refractivity (Wildman–Crippen MR) is 93.9 cm³/mol. The molecule has 2 aromatic carbocycles. The molecule has 0 heterocycles. The van der Waals surface area contributed by atoms with Crippen molar-refractivity contribution in [3.05, 3.63) is 71.3 Å². The maximum absolute atomic E-state index is 12.9. The monoisotopic (exact) mass is 379 g/mol. The Kier molecular flexibility index (Phi) is 6.60. The summed E-state index contributed by atoms with van der Waals surface area (Å²) < 4.78 is 43.2. The highest BCUT2D eigenvalue weighted by molar-refractivity contribution is 5.96. The zero-order chi connectivity index (χ0) is 20.0. The van der Waals surface area contributed by atoms with Gasteiger partial charge in [0, 0.05) is 12.1 Å². The first-order valence-electron chi connectivity index (χ1n) is 8.42. The van der Waals surface area contributed by atoms with Crippen LogP contribution in [0, 0.1) is 0 Å². The van der Waals surface area contributed by atoms with E-state index in [1.165, 1.54) is 11.8 Å². The van der Waals surface area contributed by atoms with Gasteiger partial charge in [-0.2, -0.15) is 13.2 Å². The van der Waals surface area contributed by atoms with Crippen LogP contribution >= 0.6 is 0 Å². The summed E-state index contributed by atoms with van der Waals surface area (Å²) >= 11 is 0. The lowest BCUT2D eigenvalue weighted by molar-refractivity contribution is -0.148. The Morgan fingerprint density at radius 1 is 1.04 bits per heavy atom. The average molecular weight is 379 g/mol. The molecule has 0 aliphatic carbocycles. The molecule has 0 fully saturated rings. The van der Waals surface area contributed by atoms with Gasteiger partial charge in [0.05, 0.1) is 12.2 Å². The number of benzene rings is 2. The highest BCUT2D eigenvalue weighted by atomic mass is 19.4. The molecule has 7 heteroatoms. The molecule has 2 aromatic rings. The molecule has 0 spiro atoms. The minimum absolute atomic E-state index is 0.0649. The summed E-state index contributed by atoms with van der Waals surface area (Å²) in [6, 6.07) is 12.0. The molecular formula is C20H20F3NO3. The largest absolute Gasteiger partial charge is 0.464 e. The fraction of sp³-hybridized carbons (Fsp3) is 0.300. The molecule has 0 N–H and O–H groups in total. The van der Waals surface area contributed by atoms with Crippen LogP contribution in [0.25, 0.3) is 0 Å². The lowest BCUT2D eigenvalue weighted by Gasteiger charge is -2.28. The van der Waals surface area contributed by atoms with Crippen molar-refractivity contribution < 1.29 is 27.5 Å². The van der Waals surface area contributed by atoms with E-state index in [1.807, 2.05) is 6.07 Å². The third-order valence-corrected chi connectivity index (χ3v) is 4.01. The molecule has 0 radical (unpaired) electrons. The lowest BCUT2D eigenvalue weighted by atomic mass is 10.1. The van der Waals surface area contributed by atoms with Crippen molar-refractivity contribution in [2.24, 2.45) is 0 Å². The molecule has 0 aromatic heterocycles. The zero-order valence-electron chi connectivity index (χ0n) is 15.0. The van der Waals surface area contributed by atoms with E-state index in [1.54, 1.807) is 31.2 Å². The molecule has 1 amide bonds. The summed E-state index contributed by atoms with van der Waals surface area (Å²) in [7, 11) is 0. The third kappa shape index (κ3) is 5.32. The lowest BCUT2D eigenvalue weighted by Crippen LogP contribution is -2.43. The second-order valence-corrected chi connectivity index (χ2v) is 5.92. The molecule has 0 bridgehead atoms. The number of carbonyl (C=O) groups excluding carboxylic acids is 2. The van der Waals surface area contributed by atoms with E-state index >= 15 is 0 Å². The minimum atomic E-state index is -4.48. The number of amides is 1.